The maximum Gasteiger partial charge on any atom is 0.255 e. The number of hydrogen-bond acceptors (Lipinski definition) is 4. The van der Waals surface area contributed by atoms with E-state index in [4.69, 9.17) is 5.26 Å². The van der Waals surface area contributed by atoms with E-state index in [0.717, 1.165) is 5.56 Å². The average molecular weight is 469 g/mol. The Morgan fingerprint density at radius 1 is 0.914 bits per heavy atom. The van der Waals surface area contributed by atoms with E-state index in [-0.39, 0.29) is 49.6 Å². The fourth-order valence-corrected chi connectivity index (χ4v) is 3.60. The van der Waals surface area contributed by atoms with Crippen molar-refractivity contribution in [3.63, 3.8) is 0 Å². The van der Waals surface area contributed by atoms with Crippen LogP contribution in [0.4, 0.5) is 11.4 Å². The first-order valence-corrected chi connectivity index (χ1v) is 11.5. The second-order valence-electron chi connectivity index (χ2n) is 8.02. The Morgan fingerprint density at radius 3 is 2.29 bits per heavy atom. The van der Waals surface area contributed by atoms with E-state index in [1.54, 1.807) is 47.4 Å². The Kier molecular flexibility index (Phi) is 9.14. The number of para-hydroxylation sites is 1. The maximum absolute atomic E-state index is 12.8. The lowest BCUT2D eigenvalue weighted by Crippen LogP contribution is -2.33. The number of anilines is 2. The summed E-state index contributed by atoms with van der Waals surface area (Å²) in [6.45, 7) is 2.12. The number of rotatable bonds is 10. The fourth-order valence-electron chi connectivity index (χ4n) is 3.60. The highest BCUT2D eigenvalue weighted by atomic mass is 16.2. The van der Waals surface area contributed by atoms with Gasteiger partial charge in [0, 0.05) is 36.3 Å². The number of nitriles is 1. The SMILES string of the molecule is CC(NC(=O)CCC(=O)N(CCC#N)c1ccccc1)c1cccc(NC(=O)c2ccccc2)c1. The zero-order chi connectivity index (χ0) is 25.0. The topological polar surface area (TPSA) is 102 Å². The van der Waals surface area contributed by atoms with Crippen LogP contribution in [0.15, 0.2) is 84.9 Å². The molecule has 0 bridgehead atoms. The molecule has 7 heteroatoms. The second kappa shape index (κ2) is 12.7. The minimum atomic E-state index is -0.310. The van der Waals surface area contributed by atoms with Crippen LogP contribution in [0.25, 0.3) is 0 Å². The van der Waals surface area contributed by atoms with Gasteiger partial charge in [-0.25, -0.2) is 0 Å². The van der Waals surface area contributed by atoms with Gasteiger partial charge >= 0.3 is 0 Å². The zero-order valence-corrected chi connectivity index (χ0v) is 19.6. The van der Waals surface area contributed by atoms with E-state index in [9.17, 15) is 14.4 Å². The Balaban J connectivity index is 1.55. The number of benzene rings is 3. The maximum atomic E-state index is 12.8. The second-order valence-corrected chi connectivity index (χ2v) is 8.02. The van der Waals surface area contributed by atoms with Gasteiger partial charge in [0.2, 0.25) is 11.8 Å². The monoisotopic (exact) mass is 468 g/mol. The van der Waals surface area contributed by atoms with Gasteiger partial charge in [0.1, 0.15) is 0 Å². The summed E-state index contributed by atoms with van der Waals surface area (Å²) in [7, 11) is 0. The van der Waals surface area contributed by atoms with E-state index in [1.807, 2.05) is 49.4 Å². The van der Waals surface area contributed by atoms with Crippen molar-refractivity contribution in [2.45, 2.75) is 32.2 Å². The molecular formula is C28H28N4O3. The first-order valence-electron chi connectivity index (χ1n) is 11.5. The first kappa shape index (κ1) is 25.2. The first-order chi connectivity index (χ1) is 17.0. The molecule has 0 spiro atoms. The van der Waals surface area contributed by atoms with Crippen LogP contribution in [-0.2, 0) is 9.59 Å². The van der Waals surface area contributed by atoms with Gasteiger partial charge < -0.3 is 15.5 Å². The number of hydrogen-bond donors (Lipinski definition) is 2. The molecule has 7 nitrogen and oxygen atoms in total. The molecule has 3 amide bonds. The van der Waals surface area contributed by atoms with Gasteiger partial charge in [0.05, 0.1) is 18.5 Å². The lowest BCUT2D eigenvalue weighted by Gasteiger charge is -2.22. The summed E-state index contributed by atoms with van der Waals surface area (Å²) in [4.78, 5) is 39.3. The van der Waals surface area contributed by atoms with E-state index >= 15 is 0 Å². The van der Waals surface area contributed by atoms with Gasteiger partial charge in [0.25, 0.3) is 5.91 Å². The fraction of sp³-hybridized carbons (Fsp3) is 0.214. The highest BCUT2D eigenvalue weighted by Crippen LogP contribution is 2.19. The van der Waals surface area contributed by atoms with Crippen LogP contribution in [0.3, 0.4) is 0 Å². The van der Waals surface area contributed by atoms with Gasteiger partial charge in [-0.3, -0.25) is 14.4 Å². The van der Waals surface area contributed by atoms with Crippen LogP contribution >= 0.6 is 0 Å². The van der Waals surface area contributed by atoms with Crippen molar-refractivity contribution in [3.8, 4) is 6.07 Å². The van der Waals surface area contributed by atoms with Gasteiger partial charge in [-0.1, -0.05) is 48.5 Å². The molecule has 1 unspecified atom stereocenters. The normalized spacial score (nSPS) is 11.1. The molecule has 2 N–H and O–H groups in total. The highest BCUT2D eigenvalue weighted by Gasteiger charge is 2.18. The third kappa shape index (κ3) is 7.54. The van der Waals surface area contributed by atoms with E-state index in [0.29, 0.717) is 16.9 Å². The molecular weight excluding hydrogens is 440 g/mol. The Labute approximate surface area is 205 Å². The number of amides is 3. The summed E-state index contributed by atoms with van der Waals surface area (Å²) in [6.07, 6.45) is 0.274. The molecule has 0 saturated carbocycles. The molecule has 0 radical (unpaired) electrons. The molecule has 0 aromatic heterocycles. The van der Waals surface area contributed by atoms with Crippen molar-refractivity contribution in [1.29, 1.82) is 5.26 Å². The molecule has 0 aliphatic heterocycles. The van der Waals surface area contributed by atoms with E-state index in [2.05, 4.69) is 16.7 Å². The van der Waals surface area contributed by atoms with Crippen molar-refractivity contribution in [3.05, 3.63) is 96.1 Å². The Hall–Kier alpha value is -4.44. The molecule has 3 rings (SSSR count). The lowest BCUT2D eigenvalue weighted by molar-refractivity contribution is -0.125. The van der Waals surface area contributed by atoms with Crippen LogP contribution < -0.4 is 15.5 Å². The number of carbonyl (C=O) groups excluding carboxylic acids is 3. The van der Waals surface area contributed by atoms with Crippen LogP contribution in [0, 0.1) is 11.3 Å². The van der Waals surface area contributed by atoms with Gasteiger partial charge in [-0.15, -0.1) is 0 Å². The summed E-state index contributed by atoms with van der Waals surface area (Å²) in [5.41, 5.74) is 2.72. The molecule has 3 aromatic rings. The molecule has 0 saturated heterocycles. The van der Waals surface area contributed by atoms with Crippen molar-refractivity contribution < 1.29 is 14.4 Å². The minimum absolute atomic E-state index is 0.0312. The quantitative estimate of drug-likeness (QED) is 0.444. The molecule has 0 aliphatic rings. The molecule has 0 heterocycles. The predicted octanol–water partition coefficient (Wildman–Crippen LogP) is 4.84. The Bertz CT molecular complexity index is 1190. The molecule has 0 aliphatic carbocycles. The summed E-state index contributed by atoms with van der Waals surface area (Å²) < 4.78 is 0. The Morgan fingerprint density at radius 2 is 1.60 bits per heavy atom. The average Bonchev–Trinajstić information content (AvgIpc) is 2.89. The van der Waals surface area contributed by atoms with E-state index < -0.39 is 0 Å². The summed E-state index contributed by atoms with van der Waals surface area (Å²) in [5, 5.41) is 14.7. The smallest absolute Gasteiger partial charge is 0.255 e. The standard InChI is InChI=1S/C28H28N4O3/c1-21(23-12-8-13-24(20-23)31-28(35)22-10-4-2-5-11-22)30-26(33)16-17-27(34)32(19-9-18-29)25-14-6-3-7-15-25/h2-8,10-15,20-21H,9,16-17,19H2,1H3,(H,30,33)(H,31,35). The molecule has 178 valence electrons. The molecule has 1 atom stereocenters. The molecule has 35 heavy (non-hydrogen) atoms. The van der Waals surface area contributed by atoms with Crippen LogP contribution in [0.2, 0.25) is 0 Å². The van der Waals surface area contributed by atoms with Crippen molar-refractivity contribution >= 4 is 29.1 Å². The van der Waals surface area contributed by atoms with Gasteiger partial charge in [-0.05, 0) is 48.9 Å². The summed E-state index contributed by atoms with van der Waals surface area (Å²) in [5.74, 6) is -0.671. The number of carbonyl (C=O) groups is 3. The largest absolute Gasteiger partial charge is 0.350 e. The van der Waals surface area contributed by atoms with Crippen LogP contribution in [-0.4, -0.2) is 24.3 Å². The molecule has 3 aromatic carbocycles. The minimum Gasteiger partial charge on any atom is -0.350 e. The molecule has 0 fully saturated rings. The lowest BCUT2D eigenvalue weighted by atomic mass is 10.1. The summed E-state index contributed by atoms with van der Waals surface area (Å²) in [6, 6.07) is 27.1. The number of nitrogens with zero attached hydrogens (tertiary/aromatic N) is 2. The highest BCUT2D eigenvalue weighted by molar-refractivity contribution is 6.04. The van der Waals surface area contributed by atoms with Gasteiger partial charge in [-0.2, -0.15) is 5.26 Å². The number of nitrogens with one attached hydrogen (secondary N) is 2. The summed E-state index contributed by atoms with van der Waals surface area (Å²) >= 11 is 0. The predicted molar refractivity (Wildman–Crippen MR) is 136 cm³/mol. The van der Waals surface area contributed by atoms with Gasteiger partial charge in [0.15, 0.2) is 0 Å². The van der Waals surface area contributed by atoms with Crippen molar-refractivity contribution in [2.24, 2.45) is 0 Å². The van der Waals surface area contributed by atoms with Crippen LogP contribution in [0.5, 0.6) is 0 Å². The van der Waals surface area contributed by atoms with Crippen molar-refractivity contribution in [1.82, 2.24) is 5.32 Å². The van der Waals surface area contributed by atoms with Crippen molar-refractivity contribution in [2.75, 3.05) is 16.8 Å². The van der Waals surface area contributed by atoms with Crippen LogP contribution in [0.1, 0.15) is 48.1 Å². The van der Waals surface area contributed by atoms with E-state index in [1.165, 1.54) is 0 Å². The third-order valence-electron chi connectivity index (χ3n) is 5.44. The third-order valence-corrected chi connectivity index (χ3v) is 5.44. The zero-order valence-electron chi connectivity index (χ0n) is 19.6.